The number of rotatable bonds is 4. The number of benzene rings is 2. The zero-order valence-corrected chi connectivity index (χ0v) is 13.7. The van der Waals surface area contributed by atoms with Crippen molar-refractivity contribution < 1.29 is 9.59 Å². The van der Waals surface area contributed by atoms with Gasteiger partial charge in [-0.3, -0.25) is 4.79 Å². The number of urea groups is 1. The maximum Gasteiger partial charge on any atom is 0.319 e. The van der Waals surface area contributed by atoms with Crippen molar-refractivity contribution in [3.05, 3.63) is 60.2 Å². The molecule has 0 spiro atoms. The first kappa shape index (κ1) is 16.1. The highest BCUT2D eigenvalue weighted by molar-refractivity contribution is 5.96. The molecular weight excluding hydrogens is 302 g/mol. The highest BCUT2D eigenvalue weighted by Crippen LogP contribution is 2.24. The number of nitrogens with one attached hydrogen (secondary N) is 2. The van der Waals surface area contributed by atoms with Crippen LogP contribution in [0.15, 0.2) is 54.6 Å². The van der Waals surface area contributed by atoms with E-state index in [-0.39, 0.29) is 17.9 Å². The monoisotopic (exact) mass is 323 g/mol. The number of anilines is 2. The summed E-state index contributed by atoms with van der Waals surface area (Å²) in [6.45, 7) is 3.11. The summed E-state index contributed by atoms with van der Waals surface area (Å²) < 4.78 is 0. The molecule has 1 aliphatic rings. The molecule has 1 unspecified atom stereocenters. The van der Waals surface area contributed by atoms with E-state index in [1.54, 1.807) is 4.90 Å². The van der Waals surface area contributed by atoms with Crippen molar-refractivity contribution in [3.63, 3.8) is 0 Å². The molecule has 1 heterocycles. The molecule has 1 saturated heterocycles. The number of hydrogen-bond acceptors (Lipinski definition) is 2. The lowest BCUT2D eigenvalue weighted by molar-refractivity contribution is -0.117. The Labute approximate surface area is 141 Å². The second kappa shape index (κ2) is 7.17. The lowest BCUT2D eigenvalue weighted by atomic mass is 10.1. The molecule has 1 atom stereocenters. The topological polar surface area (TPSA) is 61.4 Å². The second-order valence-electron chi connectivity index (χ2n) is 6.11. The molecule has 1 aliphatic heterocycles. The van der Waals surface area contributed by atoms with Gasteiger partial charge in [-0.2, -0.15) is 0 Å². The Hall–Kier alpha value is -2.82. The normalized spacial score (nSPS) is 17.0. The van der Waals surface area contributed by atoms with Crippen LogP contribution in [0.3, 0.4) is 0 Å². The lowest BCUT2D eigenvalue weighted by Crippen LogP contribution is -2.34. The van der Waals surface area contributed by atoms with Gasteiger partial charge in [-0.15, -0.1) is 0 Å². The molecular formula is C19H21N3O2. The van der Waals surface area contributed by atoms with Crippen molar-refractivity contribution in [1.82, 2.24) is 5.32 Å². The maximum absolute atomic E-state index is 12.2. The van der Waals surface area contributed by atoms with Crippen LogP contribution in [0.25, 0.3) is 0 Å². The molecule has 0 saturated carbocycles. The predicted octanol–water partition coefficient (Wildman–Crippen LogP) is 3.17. The second-order valence-corrected chi connectivity index (χ2v) is 6.11. The largest absolute Gasteiger partial charge is 0.338 e. The van der Waals surface area contributed by atoms with Crippen molar-refractivity contribution in [3.8, 4) is 0 Å². The molecule has 3 amide bonds. The van der Waals surface area contributed by atoms with E-state index in [1.165, 1.54) is 0 Å². The minimum atomic E-state index is -0.246. The molecule has 3 rings (SSSR count). The van der Waals surface area contributed by atoms with E-state index in [2.05, 4.69) is 10.6 Å². The molecule has 2 aromatic carbocycles. The summed E-state index contributed by atoms with van der Waals surface area (Å²) in [5.41, 5.74) is 2.81. The van der Waals surface area contributed by atoms with Crippen LogP contribution in [0, 0.1) is 12.8 Å². The fourth-order valence-corrected chi connectivity index (χ4v) is 2.82. The van der Waals surface area contributed by atoms with E-state index in [0.29, 0.717) is 19.5 Å². The Kier molecular flexibility index (Phi) is 4.79. The summed E-state index contributed by atoms with van der Waals surface area (Å²) in [4.78, 5) is 25.9. The van der Waals surface area contributed by atoms with Crippen LogP contribution in [0.4, 0.5) is 16.2 Å². The van der Waals surface area contributed by atoms with Crippen LogP contribution in [0.1, 0.15) is 12.0 Å². The van der Waals surface area contributed by atoms with Gasteiger partial charge in [0.25, 0.3) is 0 Å². The number of aryl methyl sites for hydroxylation is 1. The average molecular weight is 323 g/mol. The number of hydrogen-bond donors (Lipinski definition) is 2. The van der Waals surface area contributed by atoms with Crippen LogP contribution in [0.2, 0.25) is 0 Å². The van der Waals surface area contributed by atoms with Gasteiger partial charge in [-0.05, 0) is 31.2 Å². The van der Waals surface area contributed by atoms with Gasteiger partial charge in [0.1, 0.15) is 0 Å². The van der Waals surface area contributed by atoms with Gasteiger partial charge in [0.05, 0.1) is 0 Å². The van der Waals surface area contributed by atoms with Gasteiger partial charge in [0.2, 0.25) is 5.91 Å². The van der Waals surface area contributed by atoms with E-state index < -0.39 is 0 Å². The molecule has 2 N–H and O–H groups in total. The van der Waals surface area contributed by atoms with Crippen LogP contribution in [-0.4, -0.2) is 25.0 Å². The number of carbonyl (C=O) groups excluding carboxylic acids is 2. The summed E-state index contributed by atoms with van der Waals surface area (Å²) in [6, 6.07) is 17.0. The van der Waals surface area contributed by atoms with Crippen molar-refractivity contribution in [2.75, 3.05) is 23.3 Å². The fraction of sp³-hybridized carbons (Fsp3) is 0.263. The molecule has 5 heteroatoms. The van der Waals surface area contributed by atoms with E-state index in [4.69, 9.17) is 0 Å². The Morgan fingerprint density at radius 2 is 1.83 bits per heavy atom. The van der Waals surface area contributed by atoms with Crippen LogP contribution in [-0.2, 0) is 4.79 Å². The Balaban J connectivity index is 1.49. The Morgan fingerprint density at radius 1 is 1.12 bits per heavy atom. The Morgan fingerprint density at radius 3 is 2.54 bits per heavy atom. The van der Waals surface area contributed by atoms with Gasteiger partial charge >= 0.3 is 6.03 Å². The number of amides is 3. The highest BCUT2D eigenvalue weighted by Gasteiger charge is 2.30. The molecule has 0 radical (unpaired) electrons. The number of carbonyl (C=O) groups is 2. The summed E-state index contributed by atoms with van der Waals surface area (Å²) in [7, 11) is 0. The van der Waals surface area contributed by atoms with E-state index >= 15 is 0 Å². The molecule has 24 heavy (non-hydrogen) atoms. The van der Waals surface area contributed by atoms with Crippen molar-refractivity contribution >= 4 is 23.3 Å². The summed E-state index contributed by atoms with van der Waals surface area (Å²) in [5, 5.41) is 5.65. The molecule has 1 fully saturated rings. The first-order valence-corrected chi connectivity index (χ1v) is 8.09. The van der Waals surface area contributed by atoms with E-state index in [0.717, 1.165) is 16.9 Å². The third-order valence-corrected chi connectivity index (χ3v) is 4.13. The first-order valence-electron chi connectivity index (χ1n) is 8.09. The van der Waals surface area contributed by atoms with Gasteiger partial charge in [-0.1, -0.05) is 35.9 Å². The average Bonchev–Trinajstić information content (AvgIpc) is 2.97. The van der Waals surface area contributed by atoms with E-state index in [9.17, 15) is 9.59 Å². The summed E-state index contributed by atoms with van der Waals surface area (Å²) >= 11 is 0. The van der Waals surface area contributed by atoms with Gasteiger partial charge in [-0.25, -0.2) is 4.79 Å². The zero-order valence-electron chi connectivity index (χ0n) is 13.7. The highest BCUT2D eigenvalue weighted by atomic mass is 16.2. The van der Waals surface area contributed by atoms with Gasteiger partial charge in [0.15, 0.2) is 0 Å². The van der Waals surface area contributed by atoms with Crippen LogP contribution in [0.5, 0.6) is 0 Å². The third-order valence-electron chi connectivity index (χ3n) is 4.13. The lowest BCUT2D eigenvalue weighted by Gasteiger charge is -2.17. The maximum atomic E-state index is 12.2. The van der Waals surface area contributed by atoms with Gasteiger partial charge in [0, 0.05) is 36.8 Å². The molecule has 0 bridgehead atoms. The minimum absolute atomic E-state index is 0.104. The SMILES string of the molecule is Cc1ccc(NC(=O)NCC2CC(=O)N(c3ccccc3)C2)cc1. The molecule has 0 aliphatic carbocycles. The van der Waals surface area contributed by atoms with Crippen molar-refractivity contribution in [2.24, 2.45) is 5.92 Å². The molecule has 2 aromatic rings. The summed E-state index contributed by atoms with van der Waals surface area (Å²) in [5.74, 6) is 0.230. The first-order chi connectivity index (χ1) is 11.6. The standard InChI is InChI=1S/C19H21N3O2/c1-14-7-9-16(10-8-14)21-19(24)20-12-15-11-18(23)22(13-15)17-5-3-2-4-6-17/h2-10,15H,11-13H2,1H3,(H2,20,21,24). The number of nitrogens with zero attached hydrogens (tertiary/aromatic N) is 1. The molecule has 124 valence electrons. The quantitative estimate of drug-likeness (QED) is 0.908. The molecule has 0 aromatic heterocycles. The van der Waals surface area contributed by atoms with Crippen LogP contribution < -0.4 is 15.5 Å². The van der Waals surface area contributed by atoms with E-state index in [1.807, 2.05) is 61.5 Å². The van der Waals surface area contributed by atoms with Crippen LogP contribution >= 0.6 is 0 Å². The predicted molar refractivity (Wildman–Crippen MR) is 95.1 cm³/mol. The third kappa shape index (κ3) is 3.93. The van der Waals surface area contributed by atoms with Crippen molar-refractivity contribution in [1.29, 1.82) is 0 Å². The number of para-hydroxylation sites is 1. The summed E-state index contributed by atoms with van der Waals surface area (Å²) in [6.07, 6.45) is 0.458. The Bertz CT molecular complexity index is 713. The zero-order chi connectivity index (χ0) is 16.9. The minimum Gasteiger partial charge on any atom is -0.338 e. The smallest absolute Gasteiger partial charge is 0.319 e. The van der Waals surface area contributed by atoms with Gasteiger partial charge < -0.3 is 15.5 Å². The van der Waals surface area contributed by atoms with Crippen molar-refractivity contribution in [2.45, 2.75) is 13.3 Å². The molecule has 5 nitrogen and oxygen atoms in total. The fourth-order valence-electron chi connectivity index (χ4n) is 2.82.